The second-order valence-corrected chi connectivity index (χ2v) is 15.7. The second-order valence-electron chi connectivity index (χ2n) is 10.4. The number of methoxy groups -OCH3 is 6. The van der Waals surface area contributed by atoms with Gasteiger partial charge in [0.15, 0.2) is 28.8 Å². The molecule has 0 amide bonds. The number of ether oxygens (including phenoxy) is 7. The van der Waals surface area contributed by atoms with E-state index in [1.807, 2.05) is 20.8 Å². The Balaban J connectivity index is -0.000000314. The number of esters is 1. The van der Waals surface area contributed by atoms with Crippen molar-refractivity contribution < 1.29 is 87.3 Å². The molecule has 0 spiro atoms. The average Bonchev–Trinajstić information content (AvgIpc) is 3.15. The SMILES string of the molecule is CCOC(C)=O.COc1cc(C(=O)CBr)cc(OC)c1C.COc1cc(C(C)=O)cc(OC)c1C.COc1cc(C(C)=O)cc(OC)c1O.[Br][Cu][Br].[CH2-]CC.[V]. The van der Waals surface area contributed by atoms with Crippen molar-refractivity contribution in [3.8, 4) is 40.2 Å². The largest absolute Gasteiger partial charge is 0.344 e. The third kappa shape index (κ3) is 23.5. The van der Waals surface area contributed by atoms with Crippen LogP contribution in [0.2, 0.25) is 0 Å². The molecule has 56 heavy (non-hydrogen) atoms. The molecule has 0 saturated heterocycles. The van der Waals surface area contributed by atoms with Gasteiger partial charge in [-0.15, -0.1) is 0 Å². The van der Waals surface area contributed by atoms with Gasteiger partial charge in [-0.3, -0.25) is 19.2 Å². The molecule has 12 nitrogen and oxygen atoms in total. The summed E-state index contributed by atoms with van der Waals surface area (Å²) in [4.78, 5) is 43.6. The predicted octanol–water partition coefficient (Wildman–Crippen LogP) is 9.90. The smallest absolute Gasteiger partial charge is 0 e. The molecule has 1 N–H and O–H groups in total. The third-order valence-corrected chi connectivity index (χ3v) is 7.10. The average molecular weight is 1070 g/mol. The van der Waals surface area contributed by atoms with E-state index in [1.165, 1.54) is 58.5 Å². The molecule has 0 fully saturated rings. The molecule has 0 bridgehead atoms. The molecular weight excluding hydrogens is 1010 g/mol. The number of hydrogen-bond donors (Lipinski definition) is 1. The van der Waals surface area contributed by atoms with Crippen LogP contribution in [0.5, 0.6) is 40.2 Å². The van der Waals surface area contributed by atoms with Crippen molar-refractivity contribution in [3.05, 3.63) is 71.1 Å². The van der Waals surface area contributed by atoms with Gasteiger partial charge in [-0.2, -0.15) is 6.42 Å². The summed E-state index contributed by atoms with van der Waals surface area (Å²) in [5, 5.41) is 9.83. The molecule has 0 aliphatic carbocycles. The Labute approximate surface area is 372 Å². The van der Waals surface area contributed by atoms with Gasteiger partial charge in [0, 0.05) is 53.3 Å². The summed E-state index contributed by atoms with van der Waals surface area (Å²) in [6.07, 6.45) is 1.00. The first-order valence-electron chi connectivity index (χ1n) is 16.2. The predicted molar refractivity (Wildman–Crippen MR) is 224 cm³/mol. The number of phenols is 1. The van der Waals surface area contributed by atoms with Crippen LogP contribution in [0.1, 0.15) is 83.2 Å². The van der Waals surface area contributed by atoms with E-state index >= 15 is 0 Å². The summed E-state index contributed by atoms with van der Waals surface area (Å²) < 4.78 is 34.8. The number of carbonyl (C=O) groups is 4. The van der Waals surface area contributed by atoms with Crippen LogP contribution >= 0.6 is 44.2 Å². The van der Waals surface area contributed by atoms with Crippen molar-refractivity contribution in [2.75, 3.05) is 54.6 Å². The molecule has 3 aromatic rings. The minimum Gasteiger partial charge on any atom is -0.344 e. The number of Topliss-reactive ketones (excluding diaryl/α,β-unsaturated/α-hetero) is 3. The fraction of sp³-hybridized carbons (Fsp3) is 0.410. The number of alkyl halides is 1. The summed E-state index contributed by atoms with van der Waals surface area (Å²) in [7, 11) is 9.13. The quantitative estimate of drug-likeness (QED) is 0.0640. The van der Waals surface area contributed by atoms with E-state index in [-0.39, 0.29) is 59.1 Å². The zero-order valence-corrected chi connectivity index (χ0v) is 41.2. The molecule has 3 rings (SSSR count). The van der Waals surface area contributed by atoms with Crippen LogP contribution in [0, 0.1) is 20.8 Å². The molecule has 0 heterocycles. The van der Waals surface area contributed by atoms with Crippen LogP contribution in [0.3, 0.4) is 0 Å². The summed E-state index contributed by atoms with van der Waals surface area (Å²) in [6, 6.07) is 9.84. The summed E-state index contributed by atoms with van der Waals surface area (Å²) >= 11 is 10.5. The van der Waals surface area contributed by atoms with E-state index in [2.05, 4.69) is 55.8 Å². The molecule has 0 aliphatic rings. The van der Waals surface area contributed by atoms with Crippen molar-refractivity contribution in [2.24, 2.45) is 0 Å². The Hall–Kier alpha value is -2.72. The fourth-order valence-electron chi connectivity index (χ4n) is 3.91. The van der Waals surface area contributed by atoms with Crippen LogP contribution < -0.4 is 28.4 Å². The Morgan fingerprint density at radius 2 is 0.875 bits per heavy atom. The molecule has 3 aromatic carbocycles. The van der Waals surface area contributed by atoms with Gasteiger partial charge in [0.25, 0.3) is 0 Å². The maximum absolute atomic E-state index is 11.5. The molecule has 17 heteroatoms. The number of phenolic OH excluding ortho intramolecular Hbond substituents is 1. The van der Waals surface area contributed by atoms with Crippen molar-refractivity contribution >= 4 is 67.5 Å². The number of benzene rings is 3. The summed E-state index contributed by atoms with van der Waals surface area (Å²) in [5.41, 5.74) is 3.43. The third-order valence-electron chi connectivity index (χ3n) is 6.59. The standard InChI is InChI=1S/C11H13BrO3.C11H14O3.C10H12O4.C4H8O2.C3H7.2BrH.Cu.V/c1-7-10(14-2)4-8(9(13)6-12)5-11(7)15-3;1-7-10(13-3)5-9(8(2)12)6-11(7)14-4;1-6(11)7-4-8(13-2)10(12)9(5-7)14-3;1-3-6-4(2)5;1-3-2;;;;/h4-5H,6H2,1-3H3;5-6H,1-4H3;4-5,12H,1-3H3;3H2,1-2H3;1,3H2,2H3;2*1H;;/q;;;;-1;;;+2;/p-2. The van der Waals surface area contributed by atoms with Gasteiger partial charge in [0.2, 0.25) is 5.75 Å². The van der Waals surface area contributed by atoms with Gasteiger partial charge in [-0.05, 0) is 71.0 Å². The van der Waals surface area contributed by atoms with E-state index in [0.29, 0.717) is 51.6 Å². The van der Waals surface area contributed by atoms with Crippen LogP contribution in [-0.4, -0.2) is 83.0 Å². The Morgan fingerprint density at radius 3 is 1.05 bits per heavy atom. The van der Waals surface area contributed by atoms with E-state index in [4.69, 9.17) is 28.4 Å². The Morgan fingerprint density at radius 1 is 0.625 bits per heavy atom. The van der Waals surface area contributed by atoms with Crippen molar-refractivity contribution in [2.45, 2.75) is 54.9 Å². The minimum absolute atomic E-state index is 0. The van der Waals surface area contributed by atoms with E-state index in [0.717, 1.165) is 17.5 Å². The molecule has 0 aliphatic heterocycles. The van der Waals surface area contributed by atoms with Gasteiger partial charge < -0.3 is 45.2 Å². The molecule has 0 aromatic heterocycles. The zero-order chi connectivity index (χ0) is 43.3. The number of rotatable bonds is 11. The second kappa shape index (κ2) is 35.4. The zero-order valence-electron chi connectivity index (χ0n) is 34.1. The van der Waals surface area contributed by atoms with Gasteiger partial charge in [0.05, 0.1) is 54.6 Å². The Kier molecular flexibility index (Phi) is 38.0. The van der Waals surface area contributed by atoms with Crippen molar-refractivity contribution in [1.82, 2.24) is 0 Å². The monoisotopic (exact) mass is 1060 g/mol. The van der Waals surface area contributed by atoms with E-state index in [9.17, 15) is 24.3 Å². The molecule has 0 atom stereocenters. The first-order chi connectivity index (χ1) is 25.9. The molecule has 1 radical (unpaired) electrons. The van der Waals surface area contributed by atoms with Crippen LogP contribution in [-0.2, 0) is 39.4 Å². The molecule has 320 valence electrons. The number of aromatic hydroxyl groups is 1. The number of carbonyl (C=O) groups excluding carboxylic acids is 4. The first kappa shape index (κ1) is 60.0. The normalized spacial score (nSPS) is 9.02. The molecular formula is C39H54Br3CuO12V-. The fourth-order valence-corrected chi connectivity index (χ4v) is 4.24. The van der Waals surface area contributed by atoms with Gasteiger partial charge in [-0.25, -0.2) is 0 Å². The number of halogens is 3. The van der Waals surface area contributed by atoms with Crippen molar-refractivity contribution in [1.29, 1.82) is 0 Å². The summed E-state index contributed by atoms with van der Waals surface area (Å²) in [6.45, 7) is 15.9. The molecule has 0 saturated carbocycles. The van der Waals surface area contributed by atoms with E-state index in [1.54, 1.807) is 59.6 Å². The topological polar surface area (TPSA) is 153 Å². The molecule has 0 unspecified atom stereocenters. The Bertz CT molecular complexity index is 1480. The number of hydrogen-bond acceptors (Lipinski definition) is 12. The number of ketones is 3. The maximum atomic E-state index is 11.5. The van der Waals surface area contributed by atoms with Crippen LogP contribution in [0.25, 0.3) is 0 Å². The van der Waals surface area contributed by atoms with Gasteiger partial charge >= 0.3 is 45.5 Å². The van der Waals surface area contributed by atoms with Gasteiger partial charge in [0.1, 0.15) is 23.0 Å². The van der Waals surface area contributed by atoms with Crippen LogP contribution in [0.15, 0.2) is 36.4 Å². The maximum Gasteiger partial charge on any atom is 0 e. The van der Waals surface area contributed by atoms with Crippen molar-refractivity contribution in [3.63, 3.8) is 0 Å². The minimum atomic E-state index is -0.211. The van der Waals surface area contributed by atoms with E-state index < -0.39 is 0 Å². The van der Waals surface area contributed by atoms with Gasteiger partial charge in [-0.1, -0.05) is 22.9 Å². The first-order valence-corrected chi connectivity index (χ1v) is 22.0. The van der Waals surface area contributed by atoms with Crippen LogP contribution in [0.4, 0.5) is 0 Å². The summed E-state index contributed by atoms with van der Waals surface area (Å²) in [5.74, 6) is 2.73.